The number of nitrogens with one attached hydrogen (secondary N) is 1. The first-order valence-corrected chi connectivity index (χ1v) is 9.93. The van der Waals surface area contributed by atoms with Crippen molar-refractivity contribution >= 4 is 23.5 Å². The van der Waals surface area contributed by atoms with Crippen molar-refractivity contribution in [1.29, 1.82) is 0 Å². The highest BCUT2D eigenvalue weighted by Gasteiger charge is 2.16. The molecule has 1 aromatic carbocycles. The van der Waals surface area contributed by atoms with Gasteiger partial charge in [0.15, 0.2) is 6.61 Å². The largest absolute Gasteiger partial charge is 0.482 e. The Labute approximate surface area is 172 Å². The highest BCUT2D eigenvalue weighted by atomic mass is 16.6. The van der Waals surface area contributed by atoms with Gasteiger partial charge in [-0.05, 0) is 56.2 Å². The molecule has 0 fully saturated rings. The topological polar surface area (TPSA) is 80.8 Å². The first-order chi connectivity index (χ1) is 14.0. The Morgan fingerprint density at radius 3 is 2.45 bits per heavy atom. The fourth-order valence-electron chi connectivity index (χ4n) is 2.65. The average Bonchev–Trinajstić information content (AvgIpc) is 2.72. The minimum absolute atomic E-state index is 0.146. The van der Waals surface area contributed by atoms with Crippen LogP contribution < -0.4 is 15.0 Å². The van der Waals surface area contributed by atoms with Gasteiger partial charge >= 0.3 is 12.0 Å². The summed E-state index contributed by atoms with van der Waals surface area (Å²) in [6.45, 7) is 6.58. The number of carbonyl (C=O) groups excluding carboxylic acids is 2. The molecule has 156 valence electrons. The summed E-state index contributed by atoms with van der Waals surface area (Å²) < 4.78 is 10.3. The van der Waals surface area contributed by atoms with Crippen LogP contribution in [-0.4, -0.2) is 36.7 Å². The molecule has 7 nitrogen and oxygen atoms in total. The lowest BCUT2D eigenvalue weighted by molar-refractivity contribution is -0.145. The van der Waals surface area contributed by atoms with Crippen LogP contribution in [0.3, 0.4) is 0 Å². The van der Waals surface area contributed by atoms with Crippen molar-refractivity contribution in [1.82, 2.24) is 4.98 Å². The van der Waals surface area contributed by atoms with Gasteiger partial charge in [-0.2, -0.15) is 0 Å². The molecule has 0 bridgehead atoms. The number of benzene rings is 1. The molecule has 2 rings (SSSR count). The number of anilines is 2. The molecular formula is C22H29N3O4. The molecule has 0 aliphatic carbocycles. The van der Waals surface area contributed by atoms with Gasteiger partial charge in [-0.1, -0.05) is 25.8 Å². The van der Waals surface area contributed by atoms with E-state index in [9.17, 15) is 9.59 Å². The third-order valence-corrected chi connectivity index (χ3v) is 4.19. The summed E-state index contributed by atoms with van der Waals surface area (Å²) in [6, 6.07) is 10.5. The highest BCUT2D eigenvalue weighted by molar-refractivity contribution is 6.01. The maximum Gasteiger partial charge on any atom is 0.344 e. The van der Waals surface area contributed by atoms with Crippen molar-refractivity contribution in [2.75, 3.05) is 30.0 Å². The smallest absolute Gasteiger partial charge is 0.344 e. The van der Waals surface area contributed by atoms with E-state index in [0.717, 1.165) is 30.5 Å². The SMILES string of the molecule is CCCCCN(C(=O)Nc1ccc(C)cn1)c1ccc(OCC(=O)OCC)cc1. The number of carbonyl (C=O) groups is 2. The number of hydrogen-bond acceptors (Lipinski definition) is 5. The fraction of sp³-hybridized carbons (Fsp3) is 0.409. The number of pyridine rings is 1. The van der Waals surface area contributed by atoms with Gasteiger partial charge in [0.2, 0.25) is 0 Å². The molecule has 0 radical (unpaired) electrons. The molecule has 1 N–H and O–H groups in total. The van der Waals surface area contributed by atoms with Gasteiger partial charge < -0.3 is 9.47 Å². The van der Waals surface area contributed by atoms with E-state index in [1.807, 2.05) is 13.0 Å². The van der Waals surface area contributed by atoms with E-state index in [-0.39, 0.29) is 12.6 Å². The lowest BCUT2D eigenvalue weighted by Gasteiger charge is -2.23. The molecule has 0 saturated carbocycles. The van der Waals surface area contributed by atoms with Crippen molar-refractivity contribution < 1.29 is 19.1 Å². The standard InChI is InChI=1S/C22H29N3O4/c1-4-6-7-14-25(22(27)24-20-13-8-17(3)15-23-20)18-9-11-19(12-10-18)29-16-21(26)28-5-2/h8-13,15H,4-7,14,16H2,1-3H3,(H,23,24,27). The van der Waals surface area contributed by atoms with E-state index < -0.39 is 5.97 Å². The van der Waals surface area contributed by atoms with E-state index >= 15 is 0 Å². The number of aryl methyl sites for hydroxylation is 1. The minimum Gasteiger partial charge on any atom is -0.482 e. The minimum atomic E-state index is -0.414. The number of hydrogen-bond donors (Lipinski definition) is 1. The Balaban J connectivity index is 2.06. The van der Waals surface area contributed by atoms with Gasteiger partial charge in [0, 0.05) is 18.4 Å². The number of urea groups is 1. The molecule has 1 heterocycles. The highest BCUT2D eigenvalue weighted by Crippen LogP contribution is 2.21. The van der Waals surface area contributed by atoms with Gasteiger partial charge in [0.1, 0.15) is 11.6 Å². The van der Waals surface area contributed by atoms with E-state index in [1.54, 1.807) is 48.4 Å². The van der Waals surface area contributed by atoms with Crippen molar-refractivity contribution in [2.45, 2.75) is 40.0 Å². The normalized spacial score (nSPS) is 10.3. The van der Waals surface area contributed by atoms with Gasteiger partial charge in [0.25, 0.3) is 0 Å². The zero-order valence-corrected chi connectivity index (χ0v) is 17.3. The van der Waals surface area contributed by atoms with Crippen LogP contribution >= 0.6 is 0 Å². The summed E-state index contributed by atoms with van der Waals surface area (Å²) in [6.07, 6.45) is 4.71. The molecule has 0 spiro atoms. The zero-order chi connectivity index (χ0) is 21.1. The van der Waals surface area contributed by atoms with Crippen LogP contribution in [-0.2, 0) is 9.53 Å². The Morgan fingerprint density at radius 2 is 1.83 bits per heavy atom. The summed E-state index contributed by atoms with van der Waals surface area (Å²) in [4.78, 5) is 30.2. The summed E-state index contributed by atoms with van der Waals surface area (Å²) >= 11 is 0. The van der Waals surface area contributed by atoms with Crippen LogP contribution in [0.4, 0.5) is 16.3 Å². The van der Waals surface area contributed by atoms with Gasteiger partial charge in [-0.25, -0.2) is 14.6 Å². The number of esters is 1. The molecule has 2 amide bonds. The van der Waals surface area contributed by atoms with Gasteiger partial charge in [-0.15, -0.1) is 0 Å². The molecule has 0 atom stereocenters. The molecule has 0 aliphatic heterocycles. The van der Waals surface area contributed by atoms with Crippen LogP contribution in [0.2, 0.25) is 0 Å². The van der Waals surface area contributed by atoms with E-state index in [0.29, 0.717) is 24.7 Å². The quantitative estimate of drug-likeness (QED) is 0.468. The number of ether oxygens (including phenoxy) is 2. The second-order valence-electron chi connectivity index (χ2n) is 6.60. The third-order valence-electron chi connectivity index (χ3n) is 4.19. The Hall–Kier alpha value is -3.09. The number of rotatable bonds is 10. The number of unbranched alkanes of at least 4 members (excludes halogenated alkanes) is 2. The predicted molar refractivity (Wildman–Crippen MR) is 113 cm³/mol. The lowest BCUT2D eigenvalue weighted by atomic mass is 10.2. The molecular weight excluding hydrogens is 370 g/mol. The fourth-order valence-corrected chi connectivity index (χ4v) is 2.65. The molecule has 1 aromatic heterocycles. The van der Waals surface area contributed by atoms with Crippen LogP contribution in [0.1, 0.15) is 38.7 Å². The maximum atomic E-state index is 12.8. The van der Waals surface area contributed by atoms with E-state index in [4.69, 9.17) is 9.47 Å². The van der Waals surface area contributed by atoms with Crippen molar-refractivity contribution in [3.63, 3.8) is 0 Å². The van der Waals surface area contributed by atoms with Crippen LogP contribution in [0.5, 0.6) is 5.75 Å². The molecule has 0 unspecified atom stereocenters. The summed E-state index contributed by atoms with van der Waals surface area (Å²) in [7, 11) is 0. The summed E-state index contributed by atoms with van der Waals surface area (Å²) in [5.74, 6) is 0.633. The van der Waals surface area contributed by atoms with Crippen molar-refractivity contribution in [2.24, 2.45) is 0 Å². The molecule has 2 aromatic rings. The number of nitrogens with zero attached hydrogens (tertiary/aromatic N) is 2. The molecule has 7 heteroatoms. The lowest BCUT2D eigenvalue weighted by Crippen LogP contribution is -2.36. The third kappa shape index (κ3) is 7.44. The van der Waals surface area contributed by atoms with E-state index in [2.05, 4.69) is 17.2 Å². The van der Waals surface area contributed by atoms with Gasteiger partial charge in [0.05, 0.1) is 6.61 Å². The second-order valence-corrected chi connectivity index (χ2v) is 6.60. The summed E-state index contributed by atoms with van der Waals surface area (Å²) in [5.41, 5.74) is 1.77. The van der Waals surface area contributed by atoms with Gasteiger partial charge in [-0.3, -0.25) is 10.2 Å². The Kier molecular flexibility index (Phi) is 8.95. The number of amides is 2. The van der Waals surface area contributed by atoms with Crippen molar-refractivity contribution in [3.8, 4) is 5.75 Å². The van der Waals surface area contributed by atoms with Crippen LogP contribution in [0.25, 0.3) is 0 Å². The van der Waals surface area contributed by atoms with Crippen molar-refractivity contribution in [3.05, 3.63) is 48.2 Å². The Bertz CT molecular complexity index is 776. The molecule has 29 heavy (non-hydrogen) atoms. The summed E-state index contributed by atoms with van der Waals surface area (Å²) in [5, 5.41) is 2.85. The maximum absolute atomic E-state index is 12.8. The zero-order valence-electron chi connectivity index (χ0n) is 17.3. The first kappa shape index (κ1) is 22.2. The predicted octanol–water partition coefficient (Wildman–Crippen LogP) is 4.56. The number of aromatic nitrogens is 1. The Morgan fingerprint density at radius 1 is 1.07 bits per heavy atom. The monoisotopic (exact) mass is 399 g/mol. The van der Waals surface area contributed by atoms with E-state index in [1.165, 1.54) is 0 Å². The molecule has 0 aliphatic rings. The van der Waals surface area contributed by atoms with Crippen LogP contribution in [0, 0.1) is 6.92 Å². The first-order valence-electron chi connectivity index (χ1n) is 9.93. The average molecular weight is 399 g/mol. The van der Waals surface area contributed by atoms with Crippen LogP contribution in [0.15, 0.2) is 42.6 Å². The molecule has 0 saturated heterocycles. The second kappa shape index (κ2) is 11.7.